The van der Waals surface area contributed by atoms with Gasteiger partial charge in [0.2, 0.25) is 23.6 Å². The molecule has 2 atom stereocenters. The number of piperidine rings is 1. The van der Waals surface area contributed by atoms with Gasteiger partial charge in [-0.3, -0.25) is 19.2 Å². The molecule has 0 aromatic rings. The molecule has 1 aliphatic heterocycles. The standard InChI is InChI=1S/C14H24N4O4/c1-8(2)6-10(13(21)16-7-11(15)19)18-14(22)9-4-3-5-12(20)17-9/h8-10H,3-7H2,1-2H3,(H2,15,19)(H,16,21)(H,17,20)(H,18,22)/t9-,10+/m1/s1. The van der Waals surface area contributed by atoms with E-state index in [2.05, 4.69) is 16.0 Å². The van der Waals surface area contributed by atoms with E-state index < -0.39 is 23.9 Å². The molecule has 0 bridgehead atoms. The second-order valence-corrected chi connectivity index (χ2v) is 5.89. The van der Waals surface area contributed by atoms with Crippen LogP contribution in [-0.2, 0) is 19.2 Å². The Kier molecular flexibility index (Phi) is 6.81. The summed E-state index contributed by atoms with van der Waals surface area (Å²) in [7, 11) is 0. The lowest BCUT2D eigenvalue weighted by molar-refractivity contribution is -0.134. The van der Waals surface area contributed by atoms with Crippen molar-refractivity contribution in [2.75, 3.05) is 6.54 Å². The maximum atomic E-state index is 12.2. The molecule has 1 rings (SSSR count). The maximum absolute atomic E-state index is 12.2. The van der Waals surface area contributed by atoms with Gasteiger partial charge < -0.3 is 21.7 Å². The van der Waals surface area contributed by atoms with Crippen molar-refractivity contribution in [2.45, 2.75) is 51.6 Å². The van der Waals surface area contributed by atoms with Crippen molar-refractivity contribution in [3.8, 4) is 0 Å². The number of hydrogen-bond donors (Lipinski definition) is 4. The van der Waals surface area contributed by atoms with E-state index in [9.17, 15) is 19.2 Å². The van der Waals surface area contributed by atoms with E-state index in [1.165, 1.54) is 0 Å². The minimum Gasteiger partial charge on any atom is -0.368 e. The summed E-state index contributed by atoms with van der Waals surface area (Å²) in [5, 5.41) is 7.64. The summed E-state index contributed by atoms with van der Waals surface area (Å²) in [4.78, 5) is 46.3. The van der Waals surface area contributed by atoms with Gasteiger partial charge in [0.1, 0.15) is 12.1 Å². The number of hydrogen-bond acceptors (Lipinski definition) is 4. The summed E-state index contributed by atoms with van der Waals surface area (Å²) < 4.78 is 0. The van der Waals surface area contributed by atoms with Crippen LogP contribution < -0.4 is 21.7 Å². The van der Waals surface area contributed by atoms with Crippen LogP contribution in [0.3, 0.4) is 0 Å². The first-order chi connectivity index (χ1) is 10.3. The van der Waals surface area contributed by atoms with Crippen LogP contribution in [0.15, 0.2) is 0 Å². The molecule has 0 radical (unpaired) electrons. The van der Waals surface area contributed by atoms with E-state index in [-0.39, 0.29) is 24.3 Å². The molecule has 8 heteroatoms. The van der Waals surface area contributed by atoms with Crippen molar-refractivity contribution >= 4 is 23.6 Å². The van der Waals surface area contributed by atoms with Gasteiger partial charge in [-0.2, -0.15) is 0 Å². The number of nitrogens with one attached hydrogen (secondary N) is 3. The maximum Gasteiger partial charge on any atom is 0.243 e. The highest BCUT2D eigenvalue weighted by atomic mass is 16.2. The van der Waals surface area contributed by atoms with E-state index in [1.54, 1.807) is 0 Å². The zero-order valence-corrected chi connectivity index (χ0v) is 13.0. The number of carbonyl (C=O) groups is 4. The van der Waals surface area contributed by atoms with Crippen LogP contribution in [0.1, 0.15) is 39.5 Å². The topological polar surface area (TPSA) is 130 Å². The molecule has 22 heavy (non-hydrogen) atoms. The molecule has 0 aromatic heterocycles. The monoisotopic (exact) mass is 312 g/mol. The molecule has 0 spiro atoms. The van der Waals surface area contributed by atoms with Crippen LogP contribution in [0.25, 0.3) is 0 Å². The average Bonchev–Trinajstić information content (AvgIpc) is 2.43. The van der Waals surface area contributed by atoms with E-state index in [4.69, 9.17) is 5.73 Å². The summed E-state index contributed by atoms with van der Waals surface area (Å²) in [6.45, 7) is 3.56. The second kappa shape index (κ2) is 8.35. The summed E-state index contributed by atoms with van der Waals surface area (Å²) in [5.41, 5.74) is 4.99. The average molecular weight is 312 g/mol. The fourth-order valence-corrected chi connectivity index (χ4v) is 2.27. The Morgan fingerprint density at radius 1 is 1.36 bits per heavy atom. The highest BCUT2D eigenvalue weighted by Crippen LogP contribution is 2.10. The molecule has 1 aliphatic rings. The molecule has 0 saturated carbocycles. The SMILES string of the molecule is CC(C)C[C@H](NC(=O)[C@H]1CCCC(=O)N1)C(=O)NCC(N)=O. The van der Waals surface area contributed by atoms with Gasteiger partial charge in [0.05, 0.1) is 6.54 Å². The summed E-state index contributed by atoms with van der Waals surface area (Å²) in [5.74, 6) is -1.48. The van der Waals surface area contributed by atoms with Crippen molar-refractivity contribution < 1.29 is 19.2 Å². The van der Waals surface area contributed by atoms with E-state index in [1.807, 2.05) is 13.8 Å². The Morgan fingerprint density at radius 2 is 2.05 bits per heavy atom. The van der Waals surface area contributed by atoms with Crippen molar-refractivity contribution in [1.29, 1.82) is 0 Å². The fourth-order valence-electron chi connectivity index (χ4n) is 2.27. The molecule has 1 saturated heterocycles. The first kappa shape index (κ1) is 17.9. The lowest BCUT2D eigenvalue weighted by Crippen LogP contribution is -2.55. The molecule has 8 nitrogen and oxygen atoms in total. The highest BCUT2D eigenvalue weighted by molar-refractivity contribution is 5.93. The Balaban J connectivity index is 2.62. The Hall–Kier alpha value is -2.12. The van der Waals surface area contributed by atoms with Gasteiger partial charge in [0, 0.05) is 6.42 Å². The fraction of sp³-hybridized carbons (Fsp3) is 0.714. The van der Waals surface area contributed by atoms with Gasteiger partial charge in [-0.05, 0) is 25.2 Å². The number of rotatable bonds is 7. The quantitative estimate of drug-likeness (QED) is 0.469. The van der Waals surface area contributed by atoms with E-state index >= 15 is 0 Å². The first-order valence-electron chi connectivity index (χ1n) is 7.45. The number of amides is 4. The Bertz CT molecular complexity index is 450. The zero-order valence-electron chi connectivity index (χ0n) is 13.0. The highest BCUT2D eigenvalue weighted by Gasteiger charge is 2.29. The third kappa shape index (κ3) is 6.11. The molecule has 1 heterocycles. The van der Waals surface area contributed by atoms with Crippen LogP contribution in [0.5, 0.6) is 0 Å². The third-order valence-electron chi connectivity index (χ3n) is 3.33. The molecule has 124 valence electrons. The summed E-state index contributed by atoms with van der Waals surface area (Å²) in [6.07, 6.45) is 2.04. The van der Waals surface area contributed by atoms with Crippen LogP contribution >= 0.6 is 0 Å². The van der Waals surface area contributed by atoms with Crippen molar-refractivity contribution in [2.24, 2.45) is 11.7 Å². The zero-order chi connectivity index (χ0) is 16.7. The molecule has 5 N–H and O–H groups in total. The van der Waals surface area contributed by atoms with E-state index in [0.29, 0.717) is 25.7 Å². The predicted molar refractivity (Wildman–Crippen MR) is 79.4 cm³/mol. The second-order valence-electron chi connectivity index (χ2n) is 5.89. The van der Waals surface area contributed by atoms with Crippen molar-refractivity contribution in [3.05, 3.63) is 0 Å². The van der Waals surface area contributed by atoms with Crippen molar-refractivity contribution in [1.82, 2.24) is 16.0 Å². The van der Waals surface area contributed by atoms with Crippen LogP contribution in [0.4, 0.5) is 0 Å². The summed E-state index contributed by atoms with van der Waals surface area (Å²) in [6, 6.07) is -1.37. The van der Waals surface area contributed by atoms with Crippen molar-refractivity contribution in [3.63, 3.8) is 0 Å². The van der Waals surface area contributed by atoms with Gasteiger partial charge >= 0.3 is 0 Å². The lowest BCUT2D eigenvalue weighted by Gasteiger charge is -2.26. The molecule has 4 amide bonds. The molecule has 0 aliphatic carbocycles. The predicted octanol–water partition coefficient (Wildman–Crippen LogP) is -1.21. The molecular weight excluding hydrogens is 288 g/mol. The minimum atomic E-state index is -0.759. The first-order valence-corrected chi connectivity index (χ1v) is 7.45. The van der Waals surface area contributed by atoms with Crippen LogP contribution in [-0.4, -0.2) is 42.3 Å². The smallest absolute Gasteiger partial charge is 0.243 e. The van der Waals surface area contributed by atoms with Gasteiger partial charge in [-0.15, -0.1) is 0 Å². The molecular formula is C14H24N4O4. The van der Waals surface area contributed by atoms with Gasteiger partial charge in [0.25, 0.3) is 0 Å². The van der Waals surface area contributed by atoms with Crippen LogP contribution in [0.2, 0.25) is 0 Å². The lowest BCUT2D eigenvalue weighted by atomic mass is 10.0. The number of primary amides is 1. The van der Waals surface area contributed by atoms with Gasteiger partial charge in [-0.25, -0.2) is 0 Å². The summed E-state index contributed by atoms with van der Waals surface area (Å²) >= 11 is 0. The third-order valence-corrected chi connectivity index (χ3v) is 3.33. The van der Waals surface area contributed by atoms with Crippen LogP contribution in [0, 0.1) is 5.92 Å². The molecule has 0 aromatic carbocycles. The Morgan fingerprint density at radius 3 is 2.59 bits per heavy atom. The number of carbonyl (C=O) groups excluding carboxylic acids is 4. The van der Waals surface area contributed by atoms with Gasteiger partial charge in [-0.1, -0.05) is 13.8 Å². The number of nitrogens with two attached hydrogens (primary N) is 1. The Labute approximate surface area is 129 Å². The molecule has 1 fully saturated rings. The minimum absolute atomic E-state index is 0.162. The molecule has 0 unspecified atom stereocenters. The largest absolute Gasteiger partial charge is 0.368 e. The van der Waals surface area contributed by atoms with E-state index in [0.717, 1.165) is 0 Å². The normalized spacial score (nSPS) is 19.2. The van der Waals surface area contributed by atoms with Gasteiger partial charge in [0.15, 0.2) is 0 Å².